The smallest absolute Gasteiger partial charge is 0.255 e. The molecule has 0 bridgehead atoms. The highest BCUT2D eigenvalue weighted by Gasteiger charge is 2.29. The first-order valence-corrected chi connectivity index (χ1v) is 8.61. The maximum atomic E-state index is 12.7. The van der Waals surface area contributed by atoms with Gasteiger partial charge in [0.15, 0.2) is 0 Å². The lowest BCUT2D eigenvalue weighted by molar-refractivity contribution is 0.0772. The number of aromatic nitrogens is 2. The SMILES string of the molecule is Cc1[nH]c(C#N)cc1C(=O)N1CCC(Oc2ccnc(CN(C)C)c2)C1. The third-order valence-electron chi connectivity index (χ3n) is 4.37. The Kier molecular flexibility index (Phi) is 5.24. The Morgan fingerprint density at radius 2 is 2.31 bits per heavy atom. The molecule has 1 fully saturated rings. The van der Waals surface area contributed by atoms with Crippen molar-refractivity contribution >= 4 is 5.91 Å². The molecule has 0 saturated carbocycles. The van der Waals surface area contributed by atoms with Gasteiger partial charge in [0.2, 0.25) is 0 Å². The molecule has 1 aliphatic rings. The lowest BCUT2D eigenvalue weighted by Gasteiger charge is -2.17. The molecule has 1 amide bonds. The van der Waals surface area contributed by atoms with E-state index in [1.165, 1.54) is 0 Å². The van der Waals surface area contributed by atoms with Crippen molar-refractivity contribution < 1.29 is 9.53 Å². The van der Waals surface area contributed by atoms with Gasteiger partial charge in [-0.15, -0.1) is 0 Å². The third-order valence-corrected chi connectivity index (χ3v) is 4.37. The van der Waals surface area contributed by atoms with Crippen molar-refractivity contribution in [3.05, 3.63) is 47.0 Å². The van der Waals surface area contributed by atoms with Gasteiger partial charge in [-0.2, -0.15) is 5.26 Å². The Bertz CT molecular complexity index is 837. The fraction of sp³-hybridized carbons (Fsp3) is 0.421. The van der Waals surface area contributed by atoms with Crippen molar-refractivity contribution in [3.8, 4) is 11.8 Å². The molecule has 7 heteroatoms. The number of aryl methyl sites for hydroxylation is 1. The molecule has 0 aromatic carbocycles. The monoisotopic (exact) mass is 353 g/mol. The molecule has 3 heterocycles. The van der Waals surface area contributed by atoms with Gasteiger partial charge in [0.05, 0.1) is 17.8 Å². The van der Waals surface area contributed by atoms with E-state index >= 15 is 0 Å². The minimum absolute atomic E-state index is 0.0387. The van der Waals surface area contributed by atoms with Crippen LogP contribution >= 0.6 is 0 Å². The van der Waals surface area contributed by atoms with E-state index in [0.29, 0.717) is 24.3 Å². The van der Waals surface area contributed by atoms with Gasteiger partial charge in [-0.25, -0.2) is 0 Å². The van der Waals surface area contributed by atoms with Crippen LogP contribution in [0.5, 0.6) is 5.75 Å². The number of carbonyl (C=O) groups excluding carboxylic acids is 1. The molecule has 0 spiro atoms. The number of nitriles is 1. The van der Waals surface area contributed by atoms with Crippen molar-refractivity contribution in [2.75, 3.05) is 27.2 Å². The van der Waals surface area contributed by atoms with E-state index < -0.39 is 0 Å². The molecule has 2 aromatic heterocycles. The second-order valence-corrected chi connectivity index (χ2v) is 6.83. The summed E-state index contributed by atoms with van der Waals surface area (Å²) in [6.45, 7) is 3.74. The fourth-order valence-corrected chi connectivity index (χ4v) is 3.15. The molecule has 0 aliphatic carbocycles. The van der Waals surface area contributed by atoms with Crippen LogP contribution in [0.25, 0.3) is 0 Å². The van der Waals surface area contributed by atoms with E-state index in [0.717, 1.165) is 30.1 Å². The van der Waals surface area contributed by atoms with Crippen molar-refractivity contribution in [3.63, 3.8) is 0 Å². The van der Waals surface area contributed by atoms with Crippen molar-refractivity contribution in [1.82, 2.24) is 19.8 Å². The second-order valence-electron chi connectivity index (χ2n) is 6.83. The van der Waals surface area contributed by atoms with Gasteiger partial charge in [-0.05, 0) is 33.2 Å². The van der Waals surface area contributed by atoms with E-state index in [1.54, 1.807) is 24.1 Å². The topological polar surface area (TPSA) is 85.2 Å². The molecule has 3 rings (SSSR count). The number of nitrogens with one attached hydrogen (secondary N) is 1. The standard InChI is InChI=1S/C19H23N5O2/c1-13-18(9-14(10-20)22-13)19(25)24-7-5-17(12-24)26-16-4-6-21-15(8-16)11-23(2)3/h4,6,8-9,17,22H,5,7,11-12H2,1-3H3. The quantitative estimate of drug-likeness (QED) is 0.888. The number of ether oxygens (including phenoxy) is 1. The summed E-state index contributed by atoms with van der Waals surface area (Å²) in [5.41, 5.74) is 2.63. The van der Waals surface area contributed by atoms with Gasteiger partial charge in [-0.3, -0.25) is 9.78 Å². The third kappa shape index (κ3) is 4.03. The van der Waals surface area contributed by atoms with Gasteiger partial charge in [-0.1, -0.05) is 0 Å². The number of pyridine rings is 1. The predicted octanol–water partition coefficient (Wildman–Crippen LogP) is 1.94. The van der Waals surface area contributed by atoms with Gasteiger partial charge in [0.25, 0.3) is 5.91 Å². The molecule has 26 heavy (non-hydrogen) atoms. The van der Waals surface area contributed by atoms with Crippen LogP contribution in [0.4, 0.5) is 0 Å². The van der Waals surface area contributed by atoms with Gasteiger partial charge < -0.3 is 19.5 Å². The van der Waals surface area contributed by atoms with Gasteiger partial charge >= 0.3 is 0 Å². The molecule has 7 nitrogen and oxygen atoms in total. The average Bonchev–Trinajstić information content (AvgIpc) is 3.20. The molecule has 0 radical (unpaired) electrons. The lowest BCUT2D eigenvalue weighted by Crippen LogP contribution is -2.31. The van der Waals surface area contributed by atoms with Crippen LogP contribution in [-0.2, 0) is 6.54 Å². The van der Waals surface area contributed by atoms with Crippen LogP contribution in [0.3, 0.4) is 0 Å². The van der Waals surface area contributed by atoms with E-state index in [-0.39, 0.29) is 12.0 Å². The summed E-state index contributed by atoms with van der Waals surface area (Å²) in [5.74, 6) is 0.718. The number of nitrogens with zero attached hydrogens (tertiary/aromatic N) is 4. The number of hydrogen-bond donors (Lipinski definition) is 1. The summed E-state index contributed by atoms with van der Waals surface area (Å²) < 4.78 is 6.06. The Morgan fingerprint density at radius 1 is 1.50 bits per heavy atom. The van der Waals surface area contributed by atoms with E-state index in [2.05, 4.69) is 14.9 Å². The first-order valence-electron chi connectivity index (χ1n) is 8.61. The van der Waals surface area contributed by atoms with Crippen molar-refractivity contribution in [2.45, 2.75) is 26.0 Å². The summed E-state index contributed by atoms with van der Waals surface area (Å²) in [7, 11) is 3.99. The number of hydrogen-bond acceptors (Lipinski definition) is 5. The zero-order valence-electron chi connectivity index (χ0n) is 15.3. The van der Waals surface area contributed by atoms with Crippen LogP contribution in [0.1, 0.15) is 33.9 Å². The van der Waals surface area contributed by atoms with E-state index in [4.69, 9.17) is 10.00 Å². The minimum Gasteiger partial charge on any atom is -0.488 e. The highest BCUT2D eigenvalue weighted by atomic mass is 16.5. The summed E-state index contributed by atoms with van der Waals surface area (Å²) in [4.78, 5) is 23.8. The normalized spacial score (nSPS) is 16.7. The summed E-state index contributed by atoms with van der Waals surface area (Å²) >= 11 is 0. The molecule has 1 atom stereocenters. The Hall–Kier alpha value is -2.85. The lowest BCUT2D eigenvalue weighted by atomic mass is 10.2. The molecule has 2 aromatic rings. The van der Waals surface area contributed by atoms with Crippen LogP contribution < -0.4 is 4.74 Å². The van der Waals surface area contributed by atoms with E-state index in [1.807, 2.05) is 32.3 Å². The predicted molar refractivity (Wildman–Crippen MR) is 96.8 cm³/mol. The first kappa shape index (κ1) is 18.0. The van der Waals surface area contributed by atoms with Crippen LogP contribution in [-0.4, -0.2) is 59.0 Å². The zero-order chi connectivity index (χ0) is 18.7. The molecular weight excluding hydrogens is 330 g/mol. The highest BCUT2D eigenvalue weighted by molar-refractivity contribution is 5.96. The van der Waals surface area contributed by atoms with Crippen LogP contribution in [0, 0.1) is 18.3 Å². The maximum absolute atomic E-state index is 12.7. The molecule has 136 valence electrons. The Labute approximate surface area is 153 Å². The van der Waals surface area contributed by atoms with Crippen molar-refractivity contribution in [2.24, 2.45) is 0 Å². The molecule has 1 saturated heterocycles. The molecule has 1 unspecified atom stereocenters. The molecule has 1 aliphatic heterocycles. The second kappa shape index (κ2) is 7.58. The number of carbonyl (C=O) groups is 1. The molecule has 1 N–H and O–H groups in total. The highest BCUT2D eigenvalue weighted by Crippen LogP contribution is 2.22. The van der Waals surface area contributed by atoms with E-state index in [9.17, 15) is 4.79 Å². The number of aromatic amines is 1. The van der Waals surface area contributed by atoms with Crippen LogP contribution in [0.2, 0.25) is 0 Å². The van der Waals surface area contributed by atoms with Crippen LogP contribution in [0.15, 0.2) is 24.4 Å². The van der Waals surface area contributed by atoms with Gasteiger partial charge in [0, 0.05) is 37.5 Å². The Morgan fingerprint density at radius 3 is 3.00 bits per heavy atom. The summed E-state index contributed by atoms with van der Waals surface area (Å²) in [6, 6.07) is 7.44. The number of amides is 1. The Balaban J connectivity index is 1.63. The number of H-pyrrole nitrogens is 1. The number of rotatable bonds is 5. The summed E-state index contributed by atoms with van der Waals surface area (Å²) in [6.07, 6.45) is 2.49. The maximum Gasteiger partial charge on any atom is 0.255 e. The van der Waals surface area contributed by atoms with Gasteiger partial charge in [0.1, 0.15) is 23.6 Å². The summed E-state index contributed by atoms with van der Waals surface area (Å²) in [5, 5.41) is 8.97. The zero-order valence-corrected chi connectivity index (χ0v) is 15.3. The fourth-order valence-electron chi connectivity index (χ4n) is 3.15. The van der Waals surface area contributed by atoms with Crippen molar-refractivity contribution in [1.29, 1.82) is 5.26 Å². The molecular formula is C19H23N5O2. The number of likely N-dealkylation sites (tertiary alicyclic amines) is 1. The average molecular weight is 353 g/mol. The minimum atomic E-state index is -0.0608. The largest absolute Gasteiger partial charge is 0.488 e. The first-order chi connectivity index (χ1) is 12.5.